The van der Waals surface area contributed by atoms with Crippen molar-refractivity contribution in [1.29, 1.82) is 0 Å². The van der Waals surface area contributed by atoms with Crippen LogP contribution in [-0.4, -0.2) is 23.8 Å². The number of hydrogen-bond donors (Lipinski definition) is 0. The minimum absolute atomic E-state index is 0. The van der Waals surface area contributed by atoms with Gasteiger partial charge in [0.05, 0.1) is 0 Å². The number of hydrogen-bond acceptors (Lipinski definition) is 3. The number of nitrogens with zero attached hydrogens (tertiary/aromatic N) is 2. The number of anilines is 2. The summed E-state index contributed by atoms with van der Waals surface area (Å²) in [5.41, 5.74) is 12.0. The number of para-hydroxylation sites is 1. The van der Waals surface area contributed by atoms with E-state index >= 15 is 0 Å². The average molecular weight is 628 g/mol. The van der Waals surface area contributed by atoms with Gasteiger partial charge in [-0.1, -0.05) is 35.4 Å². The van der Waals surface area contributed by atoms with E-state index in [1.54, 1.807) is 0 Å². The number of ether oxygens (including phenoxy) is 1. The van der Waals surface area contributed by atoms with Crippen LogP contribution in [0.5, 0.6) is 5.75 Å². The first-order valence-electron chi connectivity index (χ1n) is 12.3. The molecule has 1 fully saturated rings. The topological polar surface area (TPSA) is 15.7 Å². The van der Waals surface area contributed by atoms with Crippen LogP contribution >= 0.6 is 0 Å². The Morgan fingerprint density at radius 2 is 1.16 bits per heavy atom. The molecule has 4 rings (SSSR count). The van der Waals surface area contributed by atoms with Crippen molar-refractivity contribution in [1.82, 2.24) is 0 Å². The number of halogens is 2. The van der Waals surface area contributed by atoms with Crippen LogP contribution in [0.15, 0.2) is 48.5 Å². The second-order valence-corrected chi connectivity index (χ2v) is 10.3. The molecule has 0 atom stereocenters. The first kappa shape index (κ1) is 33.2. The SMILES string of the molecule is CC(C)Oc1ccccc1[CH]=[Ru+].Cc1cc(C)c(N2[CH-]N(c3c(C)cc(C)cc3C)CC2)c(C)c1.[Cl-].[Cl-]. The molecule has 3 aromatic rings. The summed E-state index contributed by atoms with van der Waals surface area (Å²) in [4.78, 5) is 4.81. The van der Waals surface area contributed by atoms with Gasteiger partial charge in [0.2, 0.25) is 0 Å². The standard InChI is InChI=1S/C21H27N2.C10H12O.2ClH.Ru/c1-14-9-16(3)20(17(4)10-14)22-7-8-23(13-22)21-18(5)11-15(2)12-19(21)6;1-8(2)11-10-7-5-4-6-9(10)3;;;/h9-13H,7-8H2,1-6H3;3-8H,1-2H3;2*1H;/q-1;;;;+1/p-2. The fourth-order valence-electron chi connectivity index (χ4n) is 5.02. The molecular formula is C31H39Cl2N2ORu-2. The van der Waals surface area contributed by atoms with Crippen molar-refractivity contribution in [2.75, 3.05) is 22.9 Å². The molecule has 0 unspecified atom stereocenters. The monoisotopic (exact) mass is 627 g/mol. The van der Waals surface area contributed by atoms with Crippen LogP contribution in [0.25, 0.3) is 0 Å². The molecule has 0 aliphatic carbocycles. The van der Waals surface area contributed by atoms with Gasteiger partial charge in [-0.3, -0.25) is 0 Å². The zero-order valence-electron chi connectivity index (χ0n) is 23.2. The predicted octanol–water partition coefficient (Wildman–Crippen LogP) is 1.16. The molecule has 0 N–H and O–H groups in total. The molecule has 0 amide bonds. The van der Waals surface area contributed by atoms with E-state index in [4.69, 9.17) is 4.74 Å². The Labute approximate surface area is 246 Å². The summed E-state index contributed by atoms with van der Waals surface area (Å²) >= 11 is 2.49. The molecule has 1 saturated heterocycles. The molecule has 3 aromatic carbocycles. The van der Waals surface area contributed by atoms with E-state index in [0.29, 0.717) is 0 Å². The van der Waals surface area contributed by atoms with E-state index in [1.807, 2.05) is 42.7 Å². The first-order chi connectivity index (χ1) is 16.6. The zero-order chi connectivity index (χ0) is 25.7. The molecule has 0 saturated carbocycles. The fraction of sp³-hybridized carbons (Fsp3) is 0.355. The van der Waals surface area contributed by atoms with Crippen LogP contribution in [0, 0.1) is 48.2 Å². The van der Waals surface area contributed by atoms with Crippen molar-refractivity contribution < 1.29 is 47.4 Å². The van der Waals surface area contributed by atoms with Crippen LogP contribution in [0.3, 0.4) is 0 Å². The van der Waals surface area contributed by atoms with Crippen molar-refractivity contribution in [2.45, 2.75) is 61.5 Å². The molecule has 0 aromatic heterocycles. The molecule has 37 heavy (non-hydrogen) atoms. The maximum absolute atomic E-state index is 5.59. The minimum atomic E-state index is 0. The molecule has 1 aliphatic heterocycles. The van der Waals surface area contributed by atoms with E-state index in [9.17, 15) is 0 Å². The predicted molar refractivity (Wildman–Crippen MR) is 148 cm³/mol. The molecule has 0 radical (unpaired) electrons. The summed E-state index contributed by atoms with van der Waals surface area (Å²) in [7, 11) is 0. The van der Waals surface area contributed by atoms with Crippen molar-refractivity contribution in [3.63, 3.8) is 0 Å². The van der Waals surface area contributed by atoms with Gasteiger partial charge in [-0.15, -0.1) is 0 Å². The third kappa shape index (κ3) is 8.57. The summed E-state index contributed by atoms with van der Waals surface area (Å²) in [5.74, 6) is 0.950. The second-order valence-electron chi connectivity index (χ2n) is 9.80. The van der Waals surface area contributed by atoms with Gasteiger partial charge < -0.3 is 34.6 Å². The Morgan fingerprint density at radius 1 is 0.757 bits per heavy atom. The Kier molecular flexibility index (Phi) is 13.4. The quantitative estimate of drug-likeness (QED) is 0.312. The van der Waals surface area contributed by atoms with E-state index < -0.39 is 0 Å². The molecule has 203 valence electrons. The maximum Gasteiger partial charge on any atom is 0.0146 e. The Morgan fingerprint density at radius 3 is 1.54 bits per heavy atom. The van der Waals surface area contributed by atoms with Crippen LogP contribution < -0.4 is 39.4 Å². The molecule has 1 aliphatic rings. The minimum Gasteiger partial charge on any atom is -1.00 e. The van der Waals surface area contributed by atoms with E-state index in [0.717, 1.165) is 24.4 Å². The van der Waals surface area contributed by atoms with Gasteiger partial charge in [0.25, 0.3) is 0 Å². The summed E-state index contributed by atoms with van der Waals surface area (Å²) in [6.07, 6.45) is 0.234. The third-order valence-corrected chi connectivity index (χ3v) is 6.64. The van der Waals surface area contributed by atoms with Crippen LogP contribution in [0.4, 0.5) is 11.4 Å². The van der Waals surface area contributed by atoms with E-state index in [-0.39, 0.29) is 30.9 Å². The van der Waals surface area contributed by atoms with E-state index in [1.165, 1.54) is 44.8 Å². The summed E-state index contributed by atoms with van der Waals surface area (Å²) in [6, 6.07) is 17.1. The van der Waals surface area contributed by atoms with E-state index in [2.05, 4.69) is 100 Å². The smallest absolute Gasteiger partial charge is 0.0146 e. The van der Waals surface area contributed by atoms with Crippen molar-refractivity contribution in [2.24, 2.45) is 0 Å². The van der Waals surface area contributed by atoms with Gasteiger partial charge in [0.15, 0.2) is 0 Å². The van der Waals surface area contributed by atoms with Crippen molar-refractivity contribution >= 4 is 16.0 Å². The molecule has 6 heteroatoms. The van der Waals surface area contributed by atoms with Crippen molar-refractivity contribution in [3.05, 3.63) is 94.1 Å². The van der Waals surface area contributed by atoms with Gasteiger partial charge in [-0.25, -0.2) is 0 Å². The summed E-state index contributed by atoms with van der Waals surface area (Å²) in [5, 5.41) is 0. The average Bonchev–Trinajstić information content (AvgIpc) is 3.21. The van der Waals surface area contributed by atoms with Crippen LogP contribution in [-0.2, 0) is 17.9 Å². The normalized spacial score (nSPS) is 12.4. The number of aryl methyl sites for hydroxylation is 6. The summed E-state index contributed by atoms with van der Waals surface area (Å²) < 4.78 is 7.58. The number of rotatable bonds is 5. The van der Waals surface area contributed by atoms with Gasteiger partial charge in [0.1, 0.15) is 0 Å². The van der Waals surface area contributed by atoms with Gasteiger partial charge in [-0.05, 0) is 63.8 Å². The third-order valence-electron chi connectivity index (χ3n) is 6.10. The molecule has 0 spiro atoms. The maximum atomic E-state index is 5.59. The fourth-order valence-corrected chi connectivity index (χ4v) is 5.43. The second kappa shape index (κ2) is 14.9. The molecular weight excluding hydrogens is 588 g/mol. The Bertz CT molecular complexity index is 1090. The van der Waals surface area contributed by atoms with Gasteiger partial charge >= 0.3 is 82.7 Å². The van der Waals surface area contributed by atoms with Gasteiger partial charge in [-0.2, -0.15) is 6.67 Å². The van der Waals surface area contributed by atoms with Crippen molar-refractivity contribution in [3.8, 4) is 5.75 Å². The molecule has 0 bridgehead atoms. The van der Waals surface area contributed by atoms with Crippen LogP contribution in [0.1, 0.15) is 52.8 Å². The van der Waals surface area contributed by atoms with Gasteiger partial charge in [0, 0.05) is 24.5 Å². The number of benzene rings is 3. The zero-order valence-corrected chi connectivity index (χ0v) is 26.4. The first-order valence-corrected chi connectivity index (χ1v) is 13.3. The Hall–Kier alpha value is -1.87. The molecule has 3 nitrogen and oxygen atoms in total. The summed E-state index contributed by atoms with van der Waals surface area (Å²) in [6.45, 7) is 21.6. The Balaban J connectivity index is 0.000000419. The van der Waals surface area contributed by atoms with Crippen LogP contribution in [0.2, 0.25) is 0 Å². The molecule has 1 heterocycles. The largest absolute Gasteiger partial charge is 1.00 e.